The van der Waals surface area contributed by atoms with E-state index in [-0.39, 0.29) is 40.6 Å². The molecule has 10 N–H and O–H groups in total. The minimum atomic E-state index is -1.17. The van der Waals surface area contributed by atoms with Crippen LogP contribution in [0.5, 0.6) is 0 Å². The van der Waals surface area contributed by atoms with Crippen LogP contribution >= 0.6 is 0 Å². The maximum atomic E-state index is 13.9. The molecule has 0 aromatic heterocycles. The average Bonchev–Trinajstić information content (AvgIpc) is 2.92. The van der Waals surface area contributed by atoms with Crippen molar-refractivity contribution in [2.45, 2.75) is 57.5 Å². The number of nitrogens with zero attached hydrogens (tertiary/aromatic N) is 1. The summed E-state index contributed by atoms with van der Waals surface area (Å²) in [5, 5.41) is 15.5. The molecule has 1 atom stereocenters. The third-order valence-corrected chi connectivity index (χ3v) is 6.98. The van der Waals surface area contributed by atoms with Gasteiger partial charge in [0.05, 0.1) is 18.2 Å². The van der Waals surface area contributed by atoms with E-state index in [1.165, 1.54) is 19.1 Å². The lowest BCUT2D eigenvalue weighted by molar-refractivity contribution is -0.129. The van der Waals surface area contributed by atoms with Crippen molar-refractivity contribution in [3.63, 3.8) is 0 Å². The number of hydrogen-bond donors (Lipinski definition) is 6. The molecule has 0 saturated heterocycles. The van der Waals surface area contributed by atoms with Gasteiger partial charge in [-0.1, -0.05) is 43.5 Å². The van der Waals surface area contributed by atoms with Gasteiger partial charge in [-0.3, -0.25) is 34.9 Å². The monoisotopic (exact) mass is 533 g/mol. The van der Waals surface area contributed by atoms with E-state index in [0.29, 0.717) is 24.0 Å². The van der Waals surface area contributed by atoms with Gasteiger partial charge in [0.15, 0.2) is 11.6 Å². The Morgan fingerprint density at radius 2 is 1.49 bits per heavy atom. The molecule has 1 aliphatic rings. The van der Waals surface area contributed by atoms with Crippen LogP contribution < -0.4 is 22.9 Å². The van der Waals surface area contributed by atoms with E-state index in [1.54, 1.807) is 24.3 Å². The number of nitrogens with two attached hydrogens (primary N) is 4. The van der Waals surface area contributed by atoms with Crippen LogP contribution in [0.3, 0.4) is 0 Å². The number of rotatable bonds is 10. The highest BCUT2D eigenvalue weighted by Crippen LogP contribution is 2.28. The third kappa shape index (κ3) is 6.44. The standard InChI is InChI=1S/C28H35N7O4/c1-15(36)23-19(27(33)34)11-12-20(28(39)35(22(37)14-29)18-5-3-2-4-6-18)24(23)25(38)21(30)13-16-7-9-17(10-8-16)26(31)32/h7-12,18,21H,2-6,13-14,29-30H2,1H3,(H3,31,32)(H3,33,34)/t21-/m0/s1. The van der Waals surface area contributed by atoms with Gasteiger partial charge in [0.1, 0.15) is 11.7 Å². The maximum Gasteiger partial charge on any atom is 0.261 e. The van der Waals surface area contributed by atoms with Crippen molar-refractivity contribution in [1.82, 2.24) is 4.90 Å². The lowest BCUT2D eigenvalue weighted by Gasteiger charge is -2.33. The van der Waals surface area contributed by atoms with Crippen LogP contribution in [-0.4, -0.2) is 58.6 Å². The summed E-state index contributed by atoms with van der Waals surface area (Å²) >= 11 is 0. The lowest BCUT2D eigenvalue weighted by Crippen LogP contribution is -2.49. The molecule has 0 spiro atoms. The van der Waals surface area contributed by atoms with Crippen LogP contribution in [0.4, 0.5) is 0 Å². The first-order chi connectivity index (χ1) is 18.5. The number of carbonyl (C=O) groups is 4. The molecule has 0 bridgehead atoms. The Morgan fingerprint density at radius 1 is 0.897 bits per heavy atom. The first-order valence-electron chi connectivity index (χ1n) is 12.8. The van der Waals surface area contributed by atoms with Gasteiger partial charge in [-0.15, -0.1) is 0 Å². The van der Waals surface area contributed by atoms with Crippen molar-refractivity contribution in [3.8, 4) is 0 Å². The maximum absolute atomic E-state index is 13.9. The van der Waals surface area contributed by atoms with Crippen LogP contribution in [0, 0.1) is 10.8 Å². The number of nitrogens with one attached hydrogen (secondary N) is 2. The minimum absolute atomic E-state index is 0.00483. The summed E-state index contributed by atoms with van der Waals surface area (Å²) < 4.78 is 0. The highest BCUT2D eigenvalue weighted by molar-refractivity contribution is 6.21. The Kier molecular flexibility index (Phi) is 9.44. The molecule has 1 saturated carbocycles. The van der Waals surface area contributed by atoms with E-state index in [2.05, 4.69) is 0 Å². The Bertz CT molecular complexity index is 1310. The second-order valence-corrected chi connectivity index (χ2v) is 9.73. The van der Waals surface area contributed by atoms with Crippen LogP contribution in [0.25, 0.3) is 0 Å². The number of hydrogen-bond acceptors (Lipinski definition) is 8. The number of amides is 2. The van der Waals surface area contributed by atoms with E-state index in [4.69, 9.17) is 33.8 Å². The SMILES string of the molecule is CC(=O)c1c(C(=N)N)ccc(C(=O)N(C(=O)CN)C2CCCCC2)c1C(=O)[C@@H](N)Cc1ccc(C(=N)N)cc1. The topological polar surface area (TPSA) is 223 Å². The highest BCUT2D eigenvalue weighted by Gasteiger charge is 2.36. The minimum Gasteiger partial charge on any atom is -0.384 e. The Balaban J connectivity index is 2.12. The molecule has 206 valence electrons. The number of benzene rings is 2. The molecule has 0 aliphatic heterocycles. The van der Waals surface area contributed by atoms with E-state index >= 15 is 0 Å². The Hall–Kier alpha value is -4.22. The fourth-order valence-corrected chi connectivity index (χ4v) is 5.03. The quantitative estimate of drug-likeness (QED) is 0.149. The predicted molar refractivity (Wildman–Crippen MR) is 148 cm³/mol. The molecule has 3 rings (SSSR count). The van der Waals surface area contributed by atoms with Gasteiger partial charge in [0.2, 0.25) is 5.91 Å². The zero-order valence-corrected chi connectivity index (χ0v) is 22.0. The first kappa shape index (κ1) is 29.3. The molecule has 2 aromatic carbocycles. The van der Waals surface area contributed by atoms with Gasteiger partial charge in [0.25, 0.3) is 5.91 Å². The molecular weight excluding hydrogens is 498 g/mol. The number of nitrogen functional groups attached to an aromatic ring is 2. The third-order valence-electron chi connectivity index (χ3n) is 6.98. The summed E-state index contributed by atoms with van der Waals surface area (Å²) in [5.74, 6) is -3.16. The normalized spacial score (nSPS) is 14.3. The lowest BCUT2D eigenvalue weighted by atomic mass is 9.85. The average molecular weight is 534 g/mol. The van der Waals surface area contributed by atoms with Crippen LogP contribution in [-0.2, 0) is 11.2 Å². The van der Waals surface area contributed by atoms with E-state index < -0.39 is 41.8 Å². The molecule has 1 fully saturated rings. The molecule has 39 heavy (non-hydrogen) atoms. The molecule has 0 radical (unpaired) electrons. The van der Waals surface area contributed by atoms with Gasteiger partial charge in [-0.2, -0.15) is 0 Å². The second-order valence-electron chi connectivity index (χ2n) is 9.73. The highest BCUT2D eigenvalue weighted by atomic mass is 16.2. The summed E-state index contributed by atoms with van der Waals surface area (Å²) in [5.41, 5.74) is 23.8. The van der Waals surface area contributed by atoms with E-state index in [0.717, 1.165) is 24.2 Å². The van der Waals surface area contributed by atoms with Crippen LogP contribution in [0.1, 0.15) is 86.8 Å². The zero-order chi connectivity index (χ0) is 28.9. The first-order valence-corrected chi connectivity index (χ1v) is 12.8. The van der Waals surface area contributed by atoms with Gasteiger partial charge in [0, 0.05) is 28.3 Å². The Labute approximate surface area is 226 Å². The predicted octanol–water partition coefficient (Wildman–Crippen LogP) is 1.47. The largest absolute Gasteiger partial charge is 0.384 e. The smallest absolute Gasteiger partial charge is 0.261 e. The fraction of sp³-hybridized carbons (Fsp3) is 0.357. The molecule has 0 heterocycles. The molecule has 1 aliphatic carbocycles. The summed E-state index contributed by atoms with van der Waals surface area (Å²) in [6.45, 7) is 0.815. The second kappa shape index (κ2) is 12.5. The van der Waals surface area contributed by atoms with Gasteiger partial charge < -0.3 is 22.9 Å². The summed E-state index contributed by atoms with van der Waals surface area (Å²) in [6.07, 6.45) is 3.95. The van der Waals surface area contributed by atoms with Crippen molar-refractivity contribution in [2.75, 3.05) is 6.54 Å². The van der Waals surface area contributed by atoms with Gasteiger partial charge in [-0.25, -0.2) is 0 Å². The number of ketones is 2. The summed E-state index contributed by atoms with van der Waals surface area (Å²) in [4.78, 5) is 54.6. The molecule has 2 amide bonds. The van der Waals surface area contributed by atoms with Crippen molar-refractivity contribution < 1.29 is 19.2 Å². The molecule has 0 unspecified atom stereocenters. The number of carbonyl (C=O) groups excluding carboxylic acids is 4. The fourth-order valence-electron chi connectivity index (χ4n) is 5.03. The van der Waals surface area contributed by atoms with Gasteiger partial charge in [-0.05, 0) is 43.9 Å². The van der Waals surface area contributed by atoms with Crippen molar-refractivity contribution >= 4 is 35.1 Å². The zero-order valence-electron chi connectivity index (χ0n) is 22.0. The molecular formula is C28H35N7O4. The van der Waals surface area contributed by atoms with Crippen molar-refractivity contribution in [2.24, 2.45) is 22.9 Å². The van der Waals surface area contributed by atoms with E-state index in [9.17, 15) is 19.2 Å². The molecule has 2 aromatic rings. The summed E-state index contributed by atoms with van der Waals surface area (Å²) in [6, 6.07) is 7.70. The Morgan fingerprint density at radius 3 is 2.00 bits per heavy atom. The van der Waals surface area contributed by atoms with Crippen LogP contribution in [0.15, 0.2) is 36.4 Å². The van der Waals surface area contributed by atoms with E-state index in [1.807, 2.05) is 0 Å². The van der Waals surface area contributed by atoms with Crippen LogP contribution in [0.2, 0.25) is 0 Å². The number of imide groups is 1. The molecule has 11 heteroatoms. The number of Topliss-reactive ketones (excluding diaryl/α,β-unsaturated/α-hetero) is 2. The van der Waals surface area contributed by atoms with Crippen molar-refractivity contribution in [1.29, 1.82) is 10.8 Å². The summed E-state index contributed by atoms with van der Waals surface area (Å²) in [7, 11) is 0. The van der Waals surface area contributed by atoms with Gasteiger partial charge >= 0.3 is 0 Å². The van der Waals surface area contributed by atoms with Crippen molar-refractivity contribution in [3.05, 3.63) is 69.8 Å². The molecule has 11 nitrogen and oxygen atoms in total. The number of amidine groups is 2.